The zero-order valence-electron chi connectivity index (χ0n) is 12.9. The summed E-state index contributed by atoms with van der Waals surface area (Å²) in [6, 6.07) is 4.44. The second-order valence-electron chi connectivity index (χ2n) is 6.53. The van der Waals surface area contributed by atoms with Gasteiger partial charge in [-0.25, -0.2) is 4.98 Å². The number of piperazine rings is 1. The standard InChI is InChI=1S/C16H24N4S/c1-16(2,15(17)21)20-10-8-19(9-11-20)14-7-6-12-4-3-5-13(12)18-14/h6-7H,3-5,8-11H2,1-2H3,(H2,17,21). The molecule has 1 fully saturated rings. The first-order valence-corrected chi connectivity index (χ1v) is 8.18. The van der Waals surface area contributed by atoms with Crippen LogP contribution in [0.15, 0.2) is 12.1 Å². The van der Waals surface area contributed by atoms with E-state index in [1.807, 2.05) is 0 Å². The Labute approximate surface area is 132 Å². The van der Waals surface area contributed by atoms with Crippen molar-refractivity contribution in [1.82, 2.24) is 9.88 Å². The molecule has 0 atom stereocenters. The van der Waals surface area contributed by atoms with Gasteiger partial charge in [-0.05, 0) is 44.7 Å². The highest BCUT2D eigenvalue weighted by molar-refractivity contribution is 7.80. The number of aromatic nitrogens is 1. The van der Waals surface area contributed by atoms with Crippen LogP contribution in [0.4, 0.5) is 5.82 Å². The monoisotopic (exact) mass is 304 g/mol. The SMILES string of the molecule is CC(C)(C(N)=S)N1CCN(c2ccc3c(n2)CCC3)CC1. The normalized spacial score (nSPS) is 19.6. The maximum atomic E-state index is 5.87. The summed E-state index contributed by atoms with van der Waals surface area (Å²) in [4.78, 5) is 10.2. The summed E-state index contributed by atoms with van der Waals surface area (Å²) in [7, 11) is 0. The lowest BCUT2D eigenvalue weighted by Gasteiger charge is -2.43. The first-order chi connectivity index (χ1) is 9.98. The van der Waals surface area contributed by atoms with Gasteiger partial charge in [-0.1, -0.05) is 18.3 Å². The second-order valence-corrected chi connectivity index (χ2v) is 6.97. The zero-order valence-corrected chi connectivity index (χ0v) is 13.7. The summed E-state index contributed by atoms with van der Waals surface area (Å²) in [6.07, 6.45) is 3.58. The number of thiocarbonyl (C=S) groups is 1. The molecule has 1 aromatic rings. The van der Waals surface area contributed by atoms with E-state index >= 15 is 0 Å². The average Bonchev–Trinajstić information content (AvgIpc) is 2.94. The highest BCUT2D eigenvalue weighted by Crippen LogP contribution is 2.25. The van der Waals surface area contributed by atoms with E-state index in [0.29, 0.717) is 4.99 Å². The van der Waals surface area contributed by atoms with Gasteiger partial charge in [-0.15, -0.1) is 0 Å². The number of nitrogens with zero attached hydrogens (tertiary/aromatic N) is 3. The first kappa shape index (κ1) is 14.7. The number of nitrogens with two attached hydrogens (primary N) is 1. The van der Waals surface area contributed by atoms with Crippen molar-refractivity contribution in [3.05, 3.63) is 23.4 Å². The Morgan fingerprint density at radius 1 is 1.19 bits per heavy atom. The molecule has 0 saturated carbocycles. The Balaban J connectivity index is 1.67. The van der Waals surface area contributed by atoms with E-state index < -0.39 is 0 Å². The predicted molar refractivity (Wildman–Crippen MR) is 90.9 cm³/mol. The van der Waals surface area contributed by atoms with Crippen LogP contribution in [0.5, 0.6) is 0 Å². The van der Waals surface area contributed by atoms with Crippen molar-refractivity contribution in [3.8, 4) is 0 Å². The van der Waals surface area contributed by atoms with Crippen molar-refractivity contribution in [2.75, 3.05) is 31.1 Å². The van der Waals surface area contributed by atoms with Crippen LogP contribution in [0.25, 0.3) is 0 Å². The highest BCUT2D eigenvalue weighted by Gasteiger charge is 2.32. The number of hydrogen-bond acceptors (Lipinski definition) is 4. The fraction of sp³-hybridized carbons (Fsp3) is 0.625. The predicted octanol–water partition coefficient (Wildman–Crippen LogP) is 1.76. The minimum absolute atomic E-state index is 0.202. The van der Waals surface area contributed by atoms with Gasteiger partial charge in [-0.2, -0.15) is 0 Å². The van der Waals surface area contributed by atoms with E-state index in [9.17, 15) is 0 Å². The van der Waals surface area contributed by atoms with E-state index in [4.69, 9.17) is 22.9 Å². The molecule has 114 valence electrons. The minimum atomic E-state index is -0.202. The Bertz CT molecular complexity index is 547. The van der Waals surface area contributed by atoms with Gasteiger partial charge in [0.1, 0.15) is 5.82 Å². The maximum absolute atomic E-state index is 5.87. The minimum Gasteiger partial charge on any atom is -0.392 e. The van der Waals surface area contributed by atoms with Gasteiger partial charge >= 0.3 is 0 Å². The number of anilines is 1. The molecule has 0 aromatic carbocycles. The van der Waals surface area contributed by atoms with Gasteiger partial charge in [0.15, 0.2) is 0 Å². The molecule has 0 radical (unpaired) electrons. The molecule has 2 aliphatic rings. The van der Waals surface area contributed by atoms with Crippen molar-refractivity contribution in [1.29, 1.82) is 0 Å². The molecule has 1 aliphatic carbocycles. The van der Waals surface area contributed by atoms with E-state index in [-0.39, 0.29) is 5.54 Å². The quantitative estimate of drug-likeness (QED) is 0.862. The summed E-state index contributed by atoms with van der Waals surface area (Å²) >= 11 is 5.20. The Morgan fingerprint density at radius 3 is 2.57 bits per heavy atom. The van der Waals surface area contributed by atoms with Gasteiger partial charge in [0.25, 0.3) is 0 Å². The number of fused-ring (bicyclic) bond motifs is 1. The third-order valence-electron chi connectivity index (χ3n) is 4.91. The molecule has 0 amide bonds. The summed E-state index contributed by atoms with van der Waals surface area (Å²) in [5.74, 6) is 1.13. The van der Waals surface area contributed by atoms with E-state index in [1.54, 1.807) is 0 Å². The molecule has 21 heavy (non-hydrogen) atoms. The van der Waals surface area contributed by atoms with Crippen molar-refractivity contribution in [2.24, 2.45) is 5.73 Å². The molecule has 0 unspecified atom stereocenters. The molecule has 5 heteroatoms. The molecule has 2 heterocycles. The third kappa shape index (κ3) is 2.77. The van der Waals surface area contributed by atoms with Crippen LogP contribution in [-0.2, 0) is 12.8 Å². The Hall–Kier alpha value is -1.20. The highest BCUT2D eigenvalue weighted by atomic mass is 32.1. The van der Waals surface area contributed by atoms with Crippen LogP contribution < -0.4 is 10.6 Å². The first-order valence-electron chi connectivity index (χ1n) is 7.77. The molecule has 1 saturated heterocycles. The Kier molecular flexibility index (Phi) is 3.88. The van der Waals surface area contributed by atoms with Gasteiger partial charge in [0.2, 0.25) is 0 Å². The molecule has 1 aromatic heterocycles. The summed E-state index contributed by atoms with van der Waals surface area (Å²) in [5, 5.41) is 0. The lowest BCUT2D eigenvalue weighted by atomic mass is 10.0. The van der Waals surface area contributed by atoms with Gasteiger partial charge in [-0.3, -0.25) is 4.90 Å². The number of rotatable bonds is 3. The lowest BCUT2D eigenvalue weighted by molar-refractivity contribution is 0.168. The number of aryl methyl sites for hydroxylation is 2. The lowest BCUT2D eigenvalue weighted by Crippen LogP contribution is -2.59. The van der Waals surface area contributed by atoms with E-state index in [0.717, 1.165) is 38.4 Å². The number of hydrogen-bond donors (Lipinski definition) is 1. The molecule has 2 N–H and O–H groups in total. The fourth-order valence-electron chi connectivity index (χ4n) is 3.24. The molecule has 0 spiro atoms. The van der Waals surface area contributed by atoms with Crippen molar-refractivity contribution >= 4 is 23.0 Å². The zero-order chi connectivity index (χ0) is 15.0. The van der Waals surface area contributed by atoms with Crippen LogP contribution in [-0.4, -0.2) is 46.6 Å². The van der Waals surface area contributed by atoms with Gasteiger partial charge in [0, 0.05) is 31.9 Å². The molecular formula is C16H24N4S. The van der Waals surface area contributed by atoms with Crippen LogP contribution in [0.3, 0.4) is 0 Å². The van der Waals surface area contributed by atoms with E-state index in [2.05, 4.69) is 35.8 Å². The van der Waals surface area contributed by atoms with Crippen LogP contribution in [0.2, 0.25) is 0 Å². The van der Waals surface area contributed by atoms with Crippen molar-refractivity contribution in [2.45, 2.75) is 38.6 Å². The van der Waals surface area contributed by atoms with Crippen LogP contribution in [0, 0.1) is 0 Å². The summed E-state index contributed by atoms with van der Waals surface area (Å²) < 4.78 is 0. The van der Waals surface area contributed by atoms with Gasteiger partial charge < -0.3 is 10.6 Å². The smallest absolute Gasteiger partial charge is 0.128 e. The van der Waals surface area contributed by atoms with Gasteiger partial charge in [0.05, 0.1) is 10.5 Å². The van der Waals surface area contributed by atoms with E-state index in [1.165, 1.54) is 24.1 Å². The molecule has 4 nitrogen and oxygen atoms in total. The molecule has 3 rings (SSSR count). The molecule has 0 bridgehead atoms. The maximum Gasteiger partial charge on any atom is 0.128 e. The Morgan fingerprint density at radius 2 is 1.90 bits per heavy atom. The topological polar surface area (TPSA) is 45.4 Å². The van der Waals surface area contributed by atoms with Crippen LogP contribution >= 0.6 is 12.2 Å². The third-order valence-corrected chi connectivity index (χ3v) is 5.41. The van der Waals surface area contributed by atoms with Crippen molar-refractivity contribution in [3.63, 3.8) is 0 Å². The second kappa shape index (κ2) is 5.54. The molecular weight excluding hydrogens is 280 g/mol. The van der Waals surface area contributed by atoms with Crippen LogP contribution in [0.1, 0.15) is 31.5 Å². The average molecular weight is 304 g/mol. The van der Waals surface area contributed by atoms with Crippen molar-refractivity contribution < 1.29 is 0 Å². The summed E-state index contributed by atoms with van der Waals surface area (Å²) in [5.41, 5.74) is 8.41. The largest absolute Gasteiger partial charge is 0.392 e. The summed E-state index contributed by atoms with van der Waals surface area (Å²) in [6.45, 7) is 8.14. The fourth-order valence-corrected chi connectivity index (χ4v) is 3.36. The molecule has 1 aliphatic heterocycles. The number of pyridine rings is 1.